The van der Waals surface area contributed by atoms with Gasteiger partial charge in [0.2, 0.25) is 0 Å². The Kier molecular flexibility index (Phi) is 2.92. The van der Waals surface area contributed by atoms with E-state index in [1.54, 1.807) is 0 Å². The van der Waals surface area contributed by atoms with E-state index in [1.807, 2.05) is 0 Å². The zero-order valence-electron chi connectivity index (χ0n) is 5.29. The van der Waals surface area contributed by atoms with Gasteiger partial charge in [0.25, 0.3) is 0 Å². The largest absolute Gasteiger partial charge is 0.481 e. The quantitative estimate of drug-likeness (QED) is 0.458. The zero-order valence-corrected chi connectivity index (χ0v) is 5.29. The molecule has 0 aromatic heterocycles. The Labute approximate surface area is 56.2 Å². The number of rotatable bonds is 2. The molecule has 0 heterocycles. The summed E-state index contributed by atoms with van der Waals surface area (Å²) in [5.74, 6) is 0. The summed E-state index contributed by atoms with van der Waals surface area (Å²) in [5, 5.41) is 7.68. The standard InChI is InChI=1S/C5H7F3N2/c1-4(2-9)3-10-5(6,7)8/h2-3,9-10H,1H3/b4-3-,9-2?. The minimum Gasteiger partial charge on any atom is -0.308 e. The molecule has 5 heteroatoms. The smallest absolute Gasteiger partial charge is 0.308 e. The van der Waals surface area contributed by atoms with Crippen molar-refractivity contribution in [2.24, 2.45) is 0 Å². The number of hydrogen-bond donors (Lipinski definition) is 2. The van der Waals surface area contributed by atoms with Gasteiger partial charge < -0.3 is 10.7 Å². The Morgan fingerprint density at radius 3 is 2.30 bits per heavy atom. The van der Waals surface area contributed by atoms with Crippen molar-refractivity contribution >= 4 is 6.21 Å². The van der Waals surface area contributed by atoms with E-state index in [4.69, 9.17) is 5.41 Å². The van der Waals surface area contributed by atoms with Gasteiger partial charge in [0.1, 0.15) is 0 Å². The van der Waals surface area contributed by atoms with Gasteiger partial charge in [-0.2, -0.15) is 13.2 Å². The number of hydrogen-bond acceptors (Lipinski definition) is 2. The molecular weight excluding hydrogens is 145 g/mol. The van der Waals surface area contributed by atoms with Crippen molar-refractivity contribution < 1.29 is 13.2 Å². The second kappa shape index (κ2) is 3.24. The van der Waals surface area contributed by atoms with Crippen molar-refractivity contribution in [2.75, 3.05) is 0 Å². The molecular formula is C5H7F3N2. The molecule has 0 radical (unpaired) electrons. The minimum absolute atomic E-state index is 0.220. The fourth-order valence-electron chi connectivity index (χ4n) is 0.237. The van der Waals surface area contributed by atoms with Crippen LogP contribution in [0.25, 0.3) is 0 Å². The highest BCUT2D eigenvalue weighted by atomic mass is 19.4. The van der Waals surface area contributed by atoms with Gasteiger partial charge in [0, 0.05) is 12.4 Å². The molecule has 0 aliphatic rings. The Hall–Kier alpha value is -1.00. The van der Waals surface area contributed by atoms with Gasteiger partial charge in [-0.3, -0.25) is 0 Å². The van der Waals surface area contributed by atoms with E-state index >= 15 is 0 Å². The molecule has 58 valence electrons. The lowest BCUT2D eigenvalue weighted by molar-refractivity contribution is -0.146. The van der Waals surface area contributed by atoms with Crippen LogP contribution in [0.1, 0.15) is 6.92 Å². The molecule has 0 fully saturated rings. The molecule has 0 atom stereocenters. The lowest BCUT2D eigenvalue weighted by Crippen LogP contribution is -2.26. The summed E-state index contributed by atoms with van der Waals surface area (Å²) in [6, 6.07) is 0. The monoisotopic (exact) mass is 152 g/mol. The Morgan fingerprint density at radius 1 is 1.50 bits per heavy atom. The second-order valence-electron chi connectivity index (χ2n) is 1.67. The molecule has 0 aromatic rings. The maximum atomic E-state index is 11.3. The molecule has 0 spiro atoms. The van der Waals surface area contributed by atoms with Crippen molar-refractivity contribution in [1.82, 2.24) is 5.32 Å². The van der Waals surface area contributed by atoms with Crippen LogP contribution in [0.3, 0.4) is 0 Å². The van der Waals surface area contributed by atoms with Crippen LogP contribution in [-0.2, 0) is 0 Å². The highest BCUT2D eigenvalue weighted by Crippen LogP contribution is 2.09. The Morgan fingerprint density at radius 2 is 2.00 bits per heavy atom. The normalized spacial score (nSPS) is 13.0. The van der Waals surface area contributed by atoms with Crippen LogP contribution < -0.4 is 5.32 Å². The number of allylic oxidation sites excluding steroid dienone is 1. The molecule has 0 unspecified atom stereocenters. The molecule has 0 aliphatic carbocycles. The third-order valence-electron chi connectivity index (χ3n) is 0.691. The van der Waals surface area contributed by atoms with E-state index in [1.165, 1.54) is 6.92 Å². The number of halogens is 3. The van der Waals surface area contributed by atoms with E-state index in [0.717, 1.165) is 17.7 Å². The first kappa shape index (κ1) is 9.00. The average molecular weight is 152 g/mol. The highest BCUT2D eigenvalue weighted by Gasteiger charge is 2.24. The number of alkyl halides is 3. The summed E-state index contributed by atoms with van der Waals surface area (Å²) in [6.07, 6.45) is -2.84. The van der Waals surface area contributed by atoms with Gasteiger partial charge in [-0.15, -0.1) is 0 Å². The van der Waals surface area contributed by atoms with Crippen LogP contribution in [0, 0.1) is 5.41 Å². The summed E-state index contributed by atoms with van der Waals surface area (Å²) < 4.78 is 34.0. The fourth-order valence-corrected chi connectivity index (χ4v) is 0.237. The summed E-state index contributed by atoms with van der Waals surface area (Å²) in [6.45, 7) is 1.39. The van der Waals surface area contributed by atoms with E-state index < -0.39 is 6.30 Å². The van der Waals surface area contributed by atoms with Crippen LogP contribution >= 0.6 is 0 Å². The third-order valence-corrected chi connectivity index (χ3v) is 0.691. The Bertz CT molecular complexity index is 147. The summed E-state index contributed by atoms with van der Waals surface area (Å²) in [4.78, 5) is 0. The summed E-state index contributed by atoms with van der Waals surface area (Å²) in [5.41, 5.74) is 0.220. The molecule has 2 nitrogen and oxygen atoms in total. The van der Waals surface area contributed by atoms with Gasteiger partial charge in [-0.1, -0.05) is 0 Å². The molecule has 0 aliphatic heterocycles. The van der Waals surface area contributed by atoms with Crippen LogP contribution in [0.5, 0.6) is 0 Å². The molecule has 0 amide bonds. The van der Waals surface area contributed by atoms with Crippen LogP contribution in [-0.4, -0.2) is 12.5 Å². The van der Waals surface area contributed by atoms with E-state index in [2.05, 4.69) is 0 Å². The predicted octanol–water partition coefficient (Wildman–Crippen LogP) is 1.65. The molecule has 0 saturated carbocycles. The molecule has 10 heavy (non-hydrogen) atoms. The third kappa shape index (κ3) is 5.14. The lowest BCUT2D eigenvalue weighted by Gasteiger charge is -2.04. The van der Waals surface area contributed by atoms with Gasteiger partial charge >= 0.3 is 6.30 Å². The van der Waals surface area contributed by atoms with Crippen LogP contribution in [0.15, 0.2) is 11.8 Å². The molecule has 0 bridgehead atoms. The van der Waals surface area contributed by atoms with Crippen molar-refractivity contribution in [1.29, 1.82) is 5.41 Å². The van der Waals surface area contributed by atoms with Crippen molar-refractivity contribution in [3.05, 3.63) is 11.8 Å². The highest BCUT2D eigenvalue weighted by molar-refractivity contribution is 5.74. The first-order valence-electron chi connectivity index (χ1n) is 2.47. The molecule has 0 rings (SSSR count). The second-order valence-corrected chi connectivity index (χ2v) is 1.67. The van der Waals surface area contributed by atoms with Crippen molar-refractivity contribution in [2.45, 2.75) is 13.2 Å². The van der Waals surface area contributed by atoms with Gasteiger partial charge in [-0.25, -0.2) is 0 Å². The summed E-state index contributed by atoms with van der Waals surface area (Å²) in [7, 11) is 0. The minimum atomic E-state index is -4.40. The maximum absolute atomic E-state index is 11.3. The molecule has 2 N–H and O–H groups in total. The number of nitrogens with one attached hydrogen (secondary N) is 2. The van der Waals surface area contributed by atoms with Gasteiger partial charge in [0.05, 0.1) is 0 Å². The average Bonchev–Trinajstić information content (AvgIpc) is 1.81. The lowest BCUT2D eigenvalue weighted by atomic mass is 10.4. The Balaban J connectivity index is 3.84. The summed E-state index contributed by atoms with van der Waals surface area (Å²) >= 11 is 0. The van der Waals surface area contributed by atoms with Crippen LogP contribution in [0.2, 0.25) is 0 Å². The van der Waals surface area contributed by atoms with E-state index in [9.17, 15) is 13.2 Å². The van der Waals surface area contributed by atoms with Crippen molar-refractivity contribution in [3.63, 3.8) is 0 Å². The molecule has 0 saturated heterocycles. The SMILES string of the molecule is C/C(C=N)=C/NC(F)(F)F. The van der Waals surface area contributed by atoms with Crippen molar-refractivity contribution in [3.8, 4) is 0 Å². The molecule has 0 aromatic carbocycles. The van der Waals surface area contributed by atoms with Crippen LogP contribution in [0.4, 0.5) is 13.2 Å². The fraction of sp³-hybridized carbons (Fsp3) is 0.400. The first-order valence-corrected chi connectivity index (χ1v) is 2.47. The topological polar surface area (TPSA) is 35.9 Å². The predicted molar refractivity (Wildman–Crippen MR) is 31.7 cm³/mol. The van der Waals surface area contributed by atoms with Gasteiger partial charge in [0.15, 0.2) is 0 Å². The maximum Gasteiger partial charge on any atom is 0.481 e. The van der Waals surface area contributed by atoms with E-state index in [0.29, 0.717) is 0 Å². The van der Waals surface area contributed by atoms with E-state index in [-0.39, 0.29) is 5.57 Å². The first-order chi connectivity index (χ1) is 4.45. The van der Waals surface area contributed by atoms with Gasteiger partial charge in [-0.05, 0) is 12.5 Å². The zero-order chi connectivity index (χ0) is 8.20.